The topological polar surface area (TPSA) is 194 Å². The largest absolute Gasteiger partial charge is 0.459 e. The summed E-state index contributed by atoms with van der Waals surface area (Å²) < 4.78 is 32.2. The van der Waals surface area contributed by atoms with Crippen LogP contribution in [0, 0.1) is 10.1 Å². The molecule has 3 aromatic rings. The zero-order chi connectivity index (χ0) is 34.0. The quantitative estimate of drug-likeness (QED) is 0.132. The van der Waals surface area contributed by atoms with Gasteiger partial charge >= 0.3 is 12.0 Å². The fraction of sp³-hybridized carbons (Fsp3) is 0.267. The van der Waals surface area contributed by atoms with Gasteiger partial charge in [-0.15, -0.1) is 0 Å². The Morgan fingerprint density at radius 1 is 1.02 bits per heavy atom. The van der Waals surface area contributed by atoms with Crippen molar-refractivity contribution in [2.24, 2.45) is 0 Å². The monoisotopic (exact) mass is 672 g/mol. The lowest BCUT2D eigenvalue weighted by molar-refractivity contribution is -0.384. The summed E-state index contributed by atoms with van der Waals surface area (Å²) in [6.07, 6.45) is 0. The van der Waals surface area contributed by atoms with Gasteiger partial charge in [-0.25, -0.2) is 18.0 Å². The Balaban J connectivity index is 1.57. The number of imide groups is 1. The second-order valence-electron chi connectivity index (χ2n) is 11.1. The summed E-state index contributed by atoms with van der Waals surface area (Å²) >= 11 is 5.85. The van der Waals surface area contributed by atoms with E-state index in [1.807, 2.05) is 0 Å². The van der Waals surface area contributed by atoms with Crippen molar-refractivity contribution in [3.05, 3.63) is 99.1 Å². The third kappa shape index (κ3) is 7.17. The van der Waals surface area contributed by atoms with Crippen LogP contribution in [-0.4, -0.2) is 82.5 Å². The van der Waals surface area contributed by atoms with Crippen molar-refractivity contribution < 1.29 is 42.4 Å². The number of amides is 4. The van der Waals surface area contributed by atoms with E-state index in [1.165, 1.54) is 81.6 Å². The third-order valence-electron chi connectivity index (χ3n) is 7.45. The number of aliphatic hydroxyl groups is 1. The molecule has 0 spiro atoms. The molecule has 2 N–H and O–H groups in total. The standard InChI is InChI=1S/C30H29ClN4O10S/c1-29(2)26(37)34(28(39)33(29)3)17-30(40,27(38)45-16-19-4-12-23(13-5-19)35(41)42)18-46(43,44)24-14-10-22(11-15-24)32-25(36)20-6-8-21(31)9-7-20/h4-15,40H,16-18H2,1-3H3,(H,32,36). The number of sulfone groups is 1. The molecule has 1 unspecified atom stereocenters. The molecule has 4 amide bonds. The molecule has 0 radical (unpaired) electrons. The number of carbonyl (C=O) groups is 4. The zero-order valence-corrected chi connectivity index (χ0v) is 26.4. The molecular weight excluding hydrogens is 644 g/mol. The number of nitro benzene ring substituents is 1. The summed E-state index contributed by atoms with van der Waals surface area (Å²) in [6.45, 7) is 1.35. The SMILES string of the molecule is CN1C(=O)N(CC(O)(CS(=O)(=O)c2ccc(NC(=O)c3ccc(Cl)cc3)cc2)C(=O)OCc2ccc([N+](=O)[O-])cc2)C(=O)C1(C)C. The normalized spacial score (nSPS) is 15.8. The first-order chi connectivity index (χ1) is 21.4. The first-order valence-electron chi connectivity index (χ1n) is 13.6. The van der Waals surface area contributed by atoms with E-state index in [0.717, 1.165) is 17.0 Å². The average Bonchev–Trinajstić information content (AvgIpc) is 3.14. The Hall–Kier alpha value is -4.86. The number of β-amino-alcohol motifs (C(OH)–C–C–N with tert-alkyl or cyclic N) is 1. The first kappa shape index (κ1) is 34.0. The highest BCUT2D eigenvalue weighted by Crippen LogP contribution is 2.29. The number of rotatable bonds is 11. The minimum absolute atomic E-state index is 0.217. The average molecular weight is 673 g/mol. The van der Waals surface area contributed by atoms with E-state index in [0.29, 0.717) is 15.5 Å². The van der Waals surface area contributed by atoms with Crippen molar-refractivity contribution >= 4 is 56.6 Å². The third-order valence-corrected chi connectivity index (χ3v) is 9.55. The van der Waals surface area contributed by atoms with Crippen molar-refractivity contribution in [1.29, 1.82) is 0 Å². The molecule has 0 aliphatic carbocycles. The highest BCUT2D eigenvalue weighted by atomic mass is 35.5. The number of benzene rings is 3. The van der Waals surface area contributed by atoms with Gasteiger partial charge in [0.2, 0.25) is 0 Å². The van der Waals surface area contributed by atoms with Crippen molar-refractivity contribution in [3.8, 4) is 0 Å². The van der Waals surface area contributed by atoms with Crippen LogP contribution in [0.5, 0.6) is 0 Å². The molecule has 0 aromatic heterocycles. The Kier molecular flexibility index (Phi) is 9.51. The minimum Gasteiger partial charge on any atom is -0.459 e. The van der Waals surface area contributed by atoms with Crippen molar-refractivity contribution in [2.45, 2.75) is 36.5 Å². The molecule has 3 aromatic carbocycles. The molecule has 242 valence electrons. The maximum absolute atomic E-state index is 13.5. The van der Waals surface area contributed by atoms with E-state index in [2.05, 4.69) is 5.32 Å². The molecular formula is C30H29ClN4O10S. The Morgan fingerprint density at radius 3 is 2.13 bits per heavy atom. The van der Waals surface area contributed by atoms with Crippen LogP contribution >= 0.6 is 11.6 Å². The number of likely N-dealkylation sites (N-methyl/N-ethyl adjacent to an activating group) is 1. The van der Waals surface area contributed by atoms with E-state index in [-0.39, 0.29) is 21.8 Å². The van der Waals surface area contributed by atoms with Crippen LogP contribution in [0.1, 0.15) is 29.8 Å². The van der Waals surface area contributed by atoms with Crippen LogP contribution in [0.3, 0.4) is 0 Å². The number of hydrogen-bond donors (Lipinski definition) is 2. The number of hydrogen-bond acceptors (Lipinski definition) is 10. The summed E-state index contributed by atoms with van der Waals surface area (Å²) in [5.74, 6) is -3.99. The predicted molar refractivity (Wildman–Crippen MR) is 165 cm³/mol. The smallest absolute Gasteiger partial charge is 0.341 e. The highest BCUT2D eigenvalue weighted by molar-refractivity contribution is 7.91. The van der Waals surface area contributed by atoms with E-state index in [1.54, 1.807) is 0 Å². The number of esters is 1. The fourth-order valence-corrected chi connectivity index (χ4v) is 6.18. The van der Waals surface area contributed by atoms with Crippen molar-refractivity contribution in [1.82, 2.24) is 9.80 Å². The van der Waals surface area contributed by atoms with Crippen LogP contribution in [0.4, 0.5) is 16.2 Å². The predicted octanol–water partition coefficient (Wildman–Crippen LogP) is 3.42. The molecule has 0 bridgehead atoms. The number of halogens is 1. The fourth-order valence-electron chi connectivity index (χ4n) is 4.50. The van der Waals surface area contributed by atoms with E-state index < -0.39 is 68.6 Å². The molecule has 46 heavy (non-hydrogen) atoms. The lowest BCUT2D eigenvalue weighted by atomic mass is 10.0. The van der Waals surface area contributed by atoms with Gasteiger partial charge in [0, 0.05) is 35.5 Å². The molecule has 1 aliphatic rings. The minimum atomic E-state index is -4.50. The van der Waals surface area contributed by atoms with Gasteiger partial charge in [-0.2, -0.15) is 0 Å². The van der Waals surface area contributed by atoms with Crippen LogP contribution < -0.4 is 5.32 Å². The molecule has 0 saturated carbocycles. The summed E-state index contributed by atoms with van der Waals surface area (Å²) in [5, 5.41) is 25.5. The number of nitro groups is 1. The number of nitrogens with zero attached hydrogens (tertiary/aromatic N) is 3. The van der Waals surface area contributed by atoms with Gasteiger partial charge in [0.25, 0.3) is 17.5 Å². The molecule has 1 heterocycles. The number of anilines is 1. The molecule has 1 aliphatic heterocycles. The van der Waals surface area contributed by atoms with Gasteiger partial charge in [-0.1, -0.05) is 11.6 Å². The molecule has 14 nitrogen and oxygen atoms in total. The molecule has 1 atom stereocenters. The van der Waals surface area contributed by atoms with Gasteiger partial charge in [0.05, 0.1) is 22.1 Å². The van der Waals surface area contributed by atoms with Gasteiger partial charge in [0.15, 0.2) is 15.4 Å². The highest BCUT2D eigenvalue weighted by Gasteiger charge is 2.54. The number of non-ortho nitro benzene ring substituents is 1. The number of urea groups is 1. The van der Waals surface area contributed by atoms with Gasteiger partial charge in [-0.3, -0.25) is 24.6 Å². The Morgan fingerprint density at radius 2 is 1.61 bits per heavy atom. The van der Waals surface area contributed by atoms with Gasteiger partial charge in [0.1, 0.15) is 12.1 Å². The van der Waals surface area contributed by atoms with Gasteiger partial charge in [-0.05, 0) is 80.1 Å². The van der Waals surface area contributed by atoms with E-state index in [9.17, 15) is 42.8 Å². The van der Waals surface area contributed by atoms with Crippen molar-refractivity contribution in [2.75, 3.05) is 24.7 Å². The Bertz CT molecular complexity index is 1800. The molecule has 1 fully saturated rings. The van der Waals surface area contributed by atoms with E-state index in [4.69, 9.17) is 16.3 Å². The maximum atomic E-state index is 13.5. The number of ether oxygens (including phenoxy) is 1. The van der Waals surface area contributed by atoms with Gasteiger partial charge < -0.3 is 20.1 Å². The molecule has 4 rings (SSSR count). The number of carbonyl (C=O) groups excluding carboxylic acids is 4. The summed E-state index contributed by atoms with van der Waals surface area (Å²) in [5.41, 5.74) is -3.64. The van der Waals surface area contributed by atoms with Crippen molar-refractivity contribution in [3.63, 3.8) is 0 Å². The first-order valence-corrected chi connectivity index (χ1v) is 15.6. The second-order valence-corrected chi connectivity index (χ2v) is 13.5. The Labute approximate surface area is 268 Å². The summed E-state index contributed by atoms with van der Waals surface area (Å²) in [6, 6.07) is 15.1. The summed E-state index contributed by atoms with van der Waals surface area (Å²) in [4.78, 5) is 63.4. The summed E-state index contributed by atoms with van der Waals surface area (Å²) in [7, 11) is -3.15. The lowest BCUT2D eigenvalue weighted by Gasteiger charge is -2.29. The van der Waals surface area contributed by atoms with Crippen LogP contribution in [0.25, 0.3) is 0 Å². The second kappa shape index (κ2) is 12.9. The lowest BCUT2D eigenvalue weighted by Crippen LogP contribution is -2.56. The number of nitrogens with one attached hydrogen (secondary N) is 1. The molecule has 16 heteroatoms. The van der Waals surface area contributed by atoms with Crippen LogP contribution in [-0.2, 0) is 30.8 Å². The zero-order valence-electron chi connectivity index (χ0n) is 24.8. The maximum Gasteiger partial charge on any atom is 0.341 e. The van der Waals surface area contributed by atoms with Crippen LogP contribution in [0.2, 0.25) is 5.02 Å². The molecule has 1 saturated heterocycles. The van der Waals surface area contributed by atoms with E-state index >= 15 is 0 Å². The van der Waals surface area contributed by atoms with Crippen LogP contribution in [0.15, 0.2) is 77.7 Å².